The molecule has 1 fully saturated rings. The van der Waals surface area contributed by atoms with Crippen LogP contribution in [0.3, 0.4) is 0 Å². The summed E-state index contributed by atoms with van der Waals surface area (Å²) in [5.41, 5.74) is 0.682. The van der Waals surface area contributed by atoms with E-state index < -0.39 is 6.10 Å². The third kappa shape index (κ3) is 4.79. The van der Waals surface area contributed by atoms with Crippen molar-refractivity contribution >= 4 is 5.91 Å². The molecule has 2 aromatic rings. The van der Waals surface area contributed by atoms with E-state index in [-0.39, 0.29) is 18.4 Å². The minimum atomic E-state index is -0.516. The minimum absolute atomic E-state index is 0.125. The third-order valence-corrected chi connectivity index (χ3v) is 4.43. The molecule has 1 saturated carbocycles. The van der Waals surface area contributed by atoms with Gasteiger partial charge >= 0.3 is 0 Å². The molecule has 1 aliphatic carbocycles. The molecule has 0 radical (unpaired) electrons. The highest BCUT2D eigenvalue weighted by molar-refractivity contribution is 5.78. The summed E-state index contributed by atoms with van der Waals surface area (Å²) in [5.74, 6) is 0.878. The van der Waals surface area contributed by atoms with Crippen molar-refractivity contribution in [2.24, 2.45) is 5.92 Å². The molecule has 7 nitrogen and oxygen atoms in total. The molecule has 134 valence electrons. The lowest BCUT2D eigenvalue weighted by Gasteiger charge is -2.16. The van der Waals surface area contributed by atoms with E-state index in [4.69, 9.17) is 4.74 Å². The van der Waals surface area contributed by atoms with Gasteiger partial charge in [0.25, 0.3) is 0 Å². The number of hydrogen-bond donors (Lipinski definition) is 2. The Hall–Kier alpha value is -2.41. The van der Waals surface area contributed by atoms with Crippen LogP contribution in [0.5, 0.6) is 5.75 Å². The maximum Gasteiger partial charge on any atom is 0.226 e. The molecule has 1 unspecified atom stereocenters. The normalized spacial score (nSPS) is 22.7. The van der Waals surface area contributed by atoms with Gasteiger partial charge in [-0.15, -0.1) is 0 Å². The number of ether oxygens (including phenoxy) is 1. The van der Waals surface area contributed by atoms with Crippen molar-refractivity contribution in [1.29, 1.82) is 0 Å². The van der Waals surface area contributed by atoms with Crippen LogP contribution in [0.15, 0.2) is 36.8 Å². The Morgan fingerprint density at radius 3 is 3.00 bits per heavy atom. The van der Waals surface area contributed by atoms with E-state index in [1.54, 1.807) is 18.5 Å². The molecule has 0 spiro atoms. The number of rotatable bonds is 7. The quantitative estimate of drug-likeness (QED) is 0.787. The van der Waals surface area contributed by atoms with Gasteiger partial charge in [0.2, 0.25) is 5.91 Å². The first-order valence-electron chi connectivity index (χ1n) is 8.66. The van der Waals surface area contributed by atoms with Gasteiger partial charge in [0.1, 0.15) is 5.75 Å². The number of carbonyl (C=O) groups excluding carboxylic acids is 1. The summed E-state index contributed by atoms with van der Waals surface area (Å²) in [5, 5.41) is 17.4. The number of nitrogens with one attached hydrogen (secondary N) is 1. The van der Waals surface area contributed by atoms with Gasteiger partial charge in [0.05, 0.1) is 31.4 Å². The second-order valence-electron chi connectivity index (χ2n) is 6.40. The summed E-state index contributed by atoms with van der Waals surface area (Å²) in [6.07, 6.45) is 6.38. The fourth-order valence-corrected chi connectivity index (χ4v) is 3.29. The highest BCUT2D eigenvalue weighted by Crippen LogP contribution is 2.27. The van der Waals surface area contributed by atoms with Crippen LogP contribution < -0.4 is 10.1 Å². The number of aliphatic hydroxyl groups is 1. The smallest absolute Gasteiger partial charge is 0.226 e. The van der Waals surface area contributed by atoms with Crippen LogP contribution in [0, 0.1) is 5.92 Å². The molecule has 0 bridgehead atoms. The molecule has 2 heterocycles. The second kappa shape index (κ2) is 8.11. The summed E-state index contributed by atoms with van der Waals surface area (Å²) < 4.78 is 7.21. The van der Waals surface area contributed by atoms with Gasteiger partial charge in [0, 0.05) is 24.6 Å². The zero-order valence-electron chi connectivity index (χ0n) is 14.3. The zero-order valence-corrected chi connectivity index (χ0v) is 14.3. The van der Waals surface area contributed by atoms with Crippen molar-refractivity contribution in [2.75, 3.05) is 6.61 Å². The molecule has 0 aromatic carbocycles. The summed E-state index contributed by atoms with van der Waals surface area (Å²) in [6.45, 7) is 3.26. The van der Waals surface area contributed by atoms with Crippen molar-refractivity contribution in [3.05, 3.63) is 42.5 Å². The van der Waals surface area contributed by atoms with Gasteiger partial charge in [-0.2, -0.15) is 5.10 Å². The SMILES string of the molecule is CCOc1ccc(CC(=O)N[C@@H]2CC(Cn3cccn3)C[C@H]2O)nc1. The lowest BCUT2D eigenvalue weighted by atomic mass is 10.1. The van der Waals surface area contributed by atoms with E-state index in [0.29, 0.717) is 30.4 Å². The second-order valence-corrected chi connectivity index (χ2v) is 6.40. The Morgan fingerprint density at radius 2 is 2.32 bits per heavy atom. The maximum atomic E-state index is 12.2. The van der Waals surface area contributed by atoms with E-state index in [0.717, 1.165) is 13.0 Å². The van der Waals surface area contributed by atoms with Gasteiger partial charge in [-0.05, 0) is 43.9 Å². The van der Waals surface area contributed by atoms with Crippen LogP contribution in [0.4, 0.5) is 0 Å². The summed E-state index contributed by atoms with van der Waals surface area (Å²) in [6, 6.07) is 5.27. The number of hydrogen-bond acceptors (Lipinski definition) is 5. The first kappa shape index (κ1) is 17.4. The molecule has 0 aliphatic heterocycles. The highest BCUT2D eigenvalue weighted by Gasteiger charge is 2.34. The van der Waals surface area contributed by atoms with Gasteiger partial charge in [0.15, 0.2) is 0 Å². The third-order valence-electron chi connectivity index (χ3n) is 4.43. The molecule has 2 N–H and O–H groups in total. The maximum absolute atomic E-state index is 12.2. The van der Waals surface area contributed by atoms with Crippen LogP contribution in [0.2, 0.25) is 0 Å². The molecule has 0 saturated heterocycles. The Labute approximate surface area is 147 Å². The lowest BCUT2D eigenvalue weighted by Crippen LogP contribution is -2.40. The van der Waals surface area contributed by atoms with Gasteiger partial charge < -0.3 is 15.2 Å². The van der Waals surface area contributed by atoms with Crippen LogP contribution in [-0.2, 0) is 17.8 Å². The van der Waals surface area contributed by atoms with E-state index >= 15 is 0 Å². The lowest BCUT2D eigenvalue weighted by molar-refractivity contribution is -0.121. The molecule has 1 aliphatic rings. The summed E-state index contributed by atoms with van der Waals surface area (Å²) in [7, 11) is 0. The number of carbonyl (C=O) groups is 1. The summed E-state index contributed by atoms with van der Waals surface area (Å²) >= 11 is 0. The zero-order chi connectivity index (χ0) is 17.6. The van der Waals surface area contributed by atoms with Crippen LogP contribution in [-0.4, -0.2) is 44.5 Å². The van der Waals surface area contributed by atoms with E-state index in [9.17, 15) is 9.90 Å². The van der Waals surface area contributed by atoms with Gasteiger partial charge in [-0.25, -0.2) is 0 Å². The molecular formula is C18H24N4O3. The Balaban J connectivity index is 1.48. The van der Waals surface area contributed by atoms with E-state index in [1.807, 2.05) is 29.9 Å². The van der Waals surface area contributed by atoms with Crippen LogP contribution in [0.1, 0.15) is 25.5 Å². The Kier molecular flexibility index (Phi) is 5.65. The van der Waals surface area contributed by atoms with Gasteiger partial charge in [-0.1, -0.05) is 0 Å². The first-order chi connectivity index (χ1) is 12.1. The van der Waals surface area contributed by atoms with E-state index in [1.165, 1.54) is 0 Å². The average molecular weight is 344 g/mol. The number of pyridine rings is 1. The van der Waals surface area contributed by atoms with Gasteiger partial charge in [-0.3, -0.25) is 14.5 Å². The minimum Gasteiger partial charge on any atom is -0.492 e. The summed E-state index contributed by atoms with van der Waals surface area (Å²) in [4.78, 5) is 16.5. The van der Waals surface area contributed by atoms with Crippen molar-refractivity contribution in [3.63, 3.8) is 0 Å². The van der Waals surface area contributed by atoms with Crippen molar-refractivity contribution in [3.8, 4) is 5.75 Å². The largest absolute Gasteiger partial charge is 0.492 e. The molecular weight excluding hydrogens is 320 g/mol. The predicted molar refractivity (Wildman–Crippen MR) is 92.0 cm³/mol. The molecule has 3 rings (SSSR count). The molecule has 2 aromatic heterocycles. The number of aliphatic hydroxyl groups excluding tert-OH is 1. The van der Waals surface area contributed by atoms with Crippen LogP contribution >= 0.6 is 0 Å². The fraction of sp³-hybridized carbons (Fsp3) is 0.500. The number of aromatic nitrogens is 3. The monoisotopic (exact) mass is 344 g/mol. The molecule has 1 amide bonds. The number of nitrogens with zero attached hydrogens (tertiary/aromatic N) is 3. The Morgan fingerprint density at radius 1 is 1.44 bits per heavy atom. The molecule has 3 atom stereocenters. The number of amides is 1. The predicted octanol–water partition coefficient (Wildman–Crippen LogP) is 1.18. The standard InChI is InChI=1S/C18H24N4O3/c1-2-25-15-5-4-14(19-11-15)10-18(24)21-16-8-13(9-17(16)23)12-22-7-3-6-20-22/h3-7,11,13,16-17,23H,2,8-10,12H2,1H3,(H,21,24)/t13?,16-,17-/m1/s1. The fourth-order valence-electron chi connectivity index (χ4n) is 3.29. The van der Waals surface area contributed by atoms with Crippen LogP contribution in [0.25, 0.3) is 0 Å². The van der Waals surface area contributed by atoms with E-state index in [2.05, 4.69) is 15.4 Å². The van der Waals surface area contributed by atoms with Crippen molar-refractivity contribution < 1.29 is 14.6 Å². The first-order valence-corrected chi connectivity index (χ1v) is 8.66. The van der Waals surface area contributed by atoms with Crippen molar-refractivity contribution in [1.82, 2.24) is 20.1 Å². The molecule has 7 heteroatoms. The average Bonchev–Trinajstić information content (AvgIpc) is 3.20. The Bertz CT molecular complexity index is 672. The van der Waals surface area contributed by atoms with Crippen molar-refractivity contribution in [2.45, 2.75) is 44.9 Å². The molecule has 25 heavy (non-hydrogen) atoms. The highest BCUT2D eigenvalue weighted by atomic mass is 16.5. The topological polar surface area (TPSA) is 89.3 Å².